The molecule has 0 spiro atoms. The van der Waals surface area contributed by atoms with E-state index in [1.165, 1.54) is 71.6 Å². The molecule has 1 aliphatic rings. The van der Waals surface area contributed by atoms with Crippen LogP contribution in [0, 0.1) is 0 Å². The summed E-state index contributed by atoms with van der Waals surface area (Å²) in [7, 11) is 0. The minimum Gasteiger partial charge on any atom is -0.491 e. The van der Waals surface area contributed by atoms with Crippen LogP contribution in [-0.4, -0.2) is 18.3 Å². The summed E-state index contributed by atoms with van der Waals surface area (Å²) >= 11 is 0. The van der Waals surface area contributed by atoms with E-state index in [4.69, 9.17) is 4.74 Å². The van der Waals surface area contributed by atoms with Gasteiger partial charge in [0.05, 0.1) is 6.61 Å². The monoisotopic (exact) mass is 630 g/mol. The summed E-state index contributed by atoms with van der Waals surface area (Å²) in [4.78, 5) is 0. The Bertz CT molecular complexity index is 2510. The largest absolute Gasteiger partial charge is 0.491 e. The third-order valence-corrected chi connectivity index (χ3v) is 9.92. The molecule has 1 N–H and O–H groups in total. The van der Waals surface area contributed by atoms with Crippen LogP contribution in [0.4, 0.5) is 0 Å². The summed E-state index contributed by atoms with van der Waals surface area (Å²) in [5.41, 5.74) is 14.7. The third-order valence-electron chi connectivity index (χ3n) is 9.92. The lowest BCUT2D eigenvalue weighted by molar-refractivity contribution is 0.202. The van der Waals surface area contributed by atoms with E-state index in [-0.39, 0.29) is 13.2 Å². The third kappa shape index (κ3) is 5.27. The molecular formula is C47H34O2. The smallest absolute Gasteiger partial charge is 0.127 e. The first kappa shape index (κ1) is 29.2. The Morgan fingerprint density at radius 2 is 1.02 bits per heavy atom. The van der Waals surface area contributed by atoms with Crippen molar-refractivity contribution >= 4 is 21.5 Å². The van der Waals surface area contributed by atoms with Crippen molar-refractivity contribution in [2.75, 3.05) is 13.2 Å². The molecule has 0 amide bonds. The van der Waals surface area contributed by atoms with E-state index < -0.39 is 0 Å². The van der Waals surface area contributed by atoms with E-state index in [1.54, 1.807) is 0 Å². The Morgan fingerprint density at radius 3 is 1.78 bits per heavy atom. The zero-order valence-corrected chi connectivity index (χ0v) is 27.1. The quantitative estimate of drug-likeness (QED) is 0.190. The molecule has 0 unspecified atom stereocenters. The molecule has 0 atom stereocenters. The predicted molar refractivity (Wildman–Crippen MR) is 204 cm³/mol. The van der Waals surface area contributed by atoms with Crippen molar-refractivity contribution in [1.82, 2.24) is 0 Å². The van der Waals surface area contributed by atoms with Crippen LogP contribution in [0.25, 0.3) is 77.2 Å². The van der Waals surface area contributed by atoms with Gasteiger partial charge in [-0.1, -0.05) is 140 Å². The fourth-order valence-electron chi connectivity index (χ4n) is 7.56. The molecule has 0 radical (unpaired) electrons. The maximum Gasteiger partial charge on any atom is 0.127 e. The molecule has 8 aromatic rings. The van der Waals surface area contributed by atoms with Crippen LogP contribution >= 0.6 is 0 Å². The Hall–Kier alpha value is -5.96. The Balaban J connectivity index is 1.22. The minimum atomic E-state index is -0.0340. The maximum absolute atomic E-state index is 9.56. The zero-order valence-electron chi connectivity index (χ0n) is 27.1. The second-order valence-electron chi connectivity index (χ2n) is 12.8. The second kappa shape index (κ2) is 12.2. The molecule has 1 aliphatic carbocycles. The van der Waals surface area contributed by atoms with Crippen molar-refractivity contribution in [2.24, 2.45) is 0 Å². The molecule has 0 aliphatic heterocycles. The van der Waals surface area contributed by atoms with E-state index in [1.807, 2.05) is 6.07 Å². The molecule has 49 heavy (non-hydrogen) atoms. The van der Waals surface area contributed by atoms with Crippen molar-refractivity contribution in [1.29, 1.82) is 0 Å². The van der Waals surface area contributed by atoms with Gasteiger partial charge in [0.2, 0.25) is 0 Å². The zero-order chi connectivity index (χ0) is 32.7. The Kier molecular flexibility index (Phi) is 7.30. The van der Waals surface area contributed by atoms with Crippen LogP contribution in [0.1, 0.15) is 11.1 Å². The molecule has 9 rings (SSSR count). The van der Waals surface area contributed by atoms with Gasteiger partial charge in [0.25, 0.3) is 0 Å². The van der Waals surface area contributed by atoms with Gasteiger partial charge in [0.1, 0.15) is 12.4 Å². The summed E-state index contributed by atoms with van der Waals surface area (Å²) in [5.74, 6) is 0.771. The number of benzene rings is 8. The summed E-state index contributed by atoms with van der Waals surface area (Å²) in [6.45, 7) is 0.213. The van der Waals surface area contributed by atoms with Gasteiger partial charge < -0.3 is 9.84 Å². The first-order chi connectivity index (χ1) is 24.2. The number of rotatable bonds is 7. The van der Waals surface area contributed by atoms with Crippen LogP contribution in [0.3, 0.4) is 0 Å². The highest BCUT2D eigenvalue weighted by Crippen LogP contribution is 2.48. The van der Waals surface area contributed by atoms with Crippen LogP contribution in [0.5, 0.6) is 5.75 Å². The first-order valence-electron chi connectivity index (χ1n) is 16.9. The topological polar surface area (TPSA) is 29.5 Å². The van der Waals surface area contributed by atoms with Crippen LogP contribution in [0.2, 0.25) is 0 Å². The number of fused-ring (bicyclic) bond motifs is 5. The highest BCUT2D eigenvalue weighted by molar-refractivity contribution is 5.98. The summed E-state index contributed by atoms with van der Waals surface area (Å²) in [6, 6.07) is 59.2. The molecule has 234 valence electrons. The molecule has 0 fully saturated rings. The van der Waals surface area contributed by atoms with Crippen molar-refractivity contribution in [2.45, 2.75) is 6.42 Å². The molecule has 0 bridgehead atoms. The minimum absolute atomic E-state index is 0.0340. The van der Waals surface area contributed by atoms with E-state index in [2.05, 4.69) is 158 Å². The average molecular weight is 631 g/mol. The lowest BCUT2D eigenvalue weighted by atomic mass is 9.86. The molecule has 0 saturated carbocycles. The molecule has 0 heterocycles. The molecular weight excluding hydrogens is 597 g/mol. The van der Waals surface area contributed by atoms with Gasteiger partial charge in [0.15, 0.2) is 0 Å². The fraction of sp³-hybridized carbons (Fsp3) is 0.0638. The Morgan fingerprint density at radius 1 is 0.429 bits per heavy atom. The first-order valence-corrected chi connectivity index (χ1v) is 16.9. The maximum atomic E-state index is 9.56. The molecule has 8 aromatic carbocycles. The number of hydrogen-bond donors (Lipinski definition) is 1. The Labute approximate surface area is 286 Å². The number of hydrogen-bond acceptors (Lipinski definition) is 2. The molecule has 2 nitrogen and oxygen atoms in total. The molecule has 0 aromatic heterocycles. The van der Waals surface area contributed by atoms with E-state index in [0.29, 0.717) is 0 Å². The summed E-state index contributed by atoms with van der Waals surface area (Å²) in [6.07, 6.45) is 0.853. The van der Waals surface area contributed by atoms with E-state index in [0.717, 1.165) is 28.9 Å². The molecule has 2 heteroatoms. The van der Waals surface area contributed by atoms with Gasteiger partial charge in [-0.15, -0.1) is 0 Å². The van der Waals surface area contributed by atoms with Gasteiger partial charge in [0, 0.05) is 5.56 Å². The van der Waals surface area contributed by atoms with Gasteiger partial charge in [-0.2, -0.15) is 0 Å². The average Bonchev–Trinajstić information content (AvgIpc) is 3.54. The van der Waals surface area contributed by atoms with Gasteiger partial charge >= 0.3 is 0 Å². The van der Waals surface area contributed by atoms with Crippen molar-refractivity contribution in [3.63, 3.8) is 0 Å². The normalized spacial score (nSPS) is 11.9. The summed E-state index contributed by atoms with van der Waals surface area (Å²) < 4.78 is 6.07. The van der Waals surface area contributed by atoms with Crippen molar-refractivity contribution in [3.8, 4) is 61.4 Å². The van der Waals surface area contributed by atoms with Crippen molar-refractivity contribution in [3.05, 3.63) is 175 Å². The highest BCUT2D eigenvalue weighted by atomic mass is 16.5. The number of aliphatic hydroxyl groups is 1. The number of ether oxygens (including phenoxy) is 1. The van der Waals surface area contributed by atoms with Crippen molar-refractivity contribution < 1.29 is 9.84 Å². The molecule has 0 saturated heterocycles. The van der Waals surface area contributed by atoms with E-state index >= 15 is 0 Å². The van der Waals surface area contributed by atoms with Crippen LogP contribution in [-0.2, 0) is 6.42 Å². The number of aliphatic hydroxyl groups excluding tert-OH is 1. The van der Waals surface area contributed by atoms with Crippen LogP contribution in [0.15, 0.2) is 164 Å². The summed E-state index contributed by atoms with van der Waals surface area (Å²) in [5, 5.41) is 14.5. The highest BCUT2D eigenvalue weighted by Gasteiger charge is 2.26. The lowest BCUT2D eigenvalue weighted by Gasteiger charge is -2.19. The van der Waals surface area contributed by atoms with Gasteiger partial charge in [-0.05, 0) is 113 Å². The standard InChI is InChI=1S/C47H34O2/c48-24-25-49-46-23-19-39(29-44(46)33-10-2-1-3-11-33)47-42(38-17-15-32-9-5-7-13-35(32)27-38)21-22-43-41-20-18-37(28-40(41)30-45(43)47)36-16-14-31-8-4-6-12-34(31)26-36/h1-23,26-29,48H,24-25,30H2. The van der Waals surface area contributed by atoms with Crippen LogP contribution < -0.4 is 4.74 Å². The van der Waals surface area contributed by atoms with Gasteiger partial charge in [-0.25, -0.2) is 0 Å². The lowest BCUT2D eigenvalue weighted by Crippen LogP contribution is -2.03. The second-order valence-corrected chi connectivity index (χ2v) is 12.8. The fourth-order valence-corrected chi connectivity index (χ4v) is 7.56. The van der Waals surface area contributed by atoms with Gasteiger partial charge in [-0.3, -0.25) is 0 Å². The SMILES string of the molecule is OCCOc1ccc(-c2c(-c3ccc4ccccc4c3)ccc3c2Cc2cc(-c4ccc5ccccc5c4)ccc2-3)cc1-c1ccccc1. The van der Waals surface area contributed by atoms with E-state index in [9.17, 15) is 5.11 Å². The predicted octanol–water partition coefficient (Wildman–Crippen LogP) is 11.6.